The van der Waals surface area contributed by atoms with Gasteiger partial charge in [0.15, 0.2) is 0 Å². The molecule has 1 aromatic carbocycles. The lowest BCUT2D eigenvalue weighted by atomic mass is 10.1. The quantitative estimate of drug-likeness (QED) is 0.663. The molecule has 0 unspecified atom stereocenters. The van der Waals surface area contributed by atoms with E-state index in [0.29, 0.717) is 19.7 Å². The van der Waals surface area contributed by atoms with Gasteiger partial charge in [-0.25, -0.2) is 13.1 Å². The summed E-state index contributed by atoms with van der Waals surface area (Å²) in [5.41, 5.74) is 7.22. The summed E-state index contributed by atoms with van der Waals surface area (Å²) in [6.07, 6.45) is 1.62. The maximum atomic E-state index is 11.9. The van der Waals surface area contributed by atoms with Crippen molar-refractivity contribution >= 4 is 10.0 Å². The van der Waals surface area contributed by atoms with Crippen LogP contribution in [-0.4, -0.2) is 28.7 Å². The van der Waals surface area contributed by atoms with Crippen molar-refractivity contribution in [1.82, 2.24) is 4.72 Å². The lowest BCUT2D eigenvalue weighted by Gasteiger charge is -2.09. The van der Waals surface area contributed by atoms with Crippen LogP contribution in [0.15, 0.2) is 24.3 Å². The Morgan fingerprint density at radius 2 is 1.89 bits per heavy atom. The third-order valence-electron chi connectivity index (χ3n) is 2.78. The number of ether oxygens (including phenoxy) is 1. The minimum Gasteiger partial charge on any atom is -0.385 e. The van der Waals surface area contributed by atoms with Crippen LogP contribution in [0.25, 0.3) is 0 Å². The summed E-state index contributed by atoms with van der Waals surface area (Å²) in [6.45, 7) is 1.44. The van der Waals surface area contributed by atoms with E-state index in [1.165, 1.54) is 0 Å². The SMILES string of the molecule is COCCCCNS(=O)(=O)Cc1ccccc1CN. The Morgan fingerprint density at radius 1 is 1.21 bits per heavy atom. The first kappa shape index (κ1) is 16.1. The van der Waals surface area contributed by atoms with Gasteiger partial charge in [-0.05, 0) is 24.0 Å². The van der Waals surface area contributed by atoms with Crippen LogP contribution in [0.2, 0.25) is 0 Å². The Morgan fingerprint density at radius 3 is 2.53 bits per heavy atom. The number of unbranched alkanes of at least 4 members (excludes halogenated alkanes) is 1. The summed E-state index contributed by atoms with van der Waals surface area (Å²) >= 11 is 0. The molecule has 0 aliphatic heterocycles. The van der Waals surface area contributed by atoms with E-state index in [1.54, 1.807) is 13.2 Å². The van der Waals surface area contributed by atoms with Crippen molar-refractivity contribution in [1.29, 1.82) is 0 Å². The van der Waals surface area contributed by atoms with Gasteiger partial charge in [-0.15, -0.1) is 0 Å². The van der Waals surface area contributed by atoms with Crippen LogP contribution in [0.1, 0.15) is 24.0 Å². The number of methoxy groups -OCH3 is 1. The fourth-order valence-electron chi connectivity index (χ4n) is 1.75. The standard InChI is InChI=1S/C13H22N2O3S/c1-18-9-5-4-8-15-19(16,17)11-13-7-3-2-6-12(13)10-14/h2-3,6-7,15H,4-5,8-11,14H2,1H3. The zero-order chi connectivity index (χ0) is 14.1. The van der Waals surface area contributed by atoms with E-state index in [1.807, 2.05) is 18.2 Å². The highest BCUT2D eigenvalue weighted by molar-refractivity contribution is 7.88. The summed E-state index contributed by atoms with van der Waals surface area (Å²) < 4.78 is 31.3. The van der Waals surface area contributed by atoms with Gasteiger partial charge in [-0.1, -0.05) is 24.3 Å². The van der Waals surface area contributed by atoms with Crippen LogP contribution < -0.4 is 10.5 Å². The molecular formula is C13H22N2O3S. The fourth-order valence-corrected chi connectivity index (χ4v) is 3.00. The molecule has 1 aromatic rings. The van der Waals surface area contributed by atoms with E-state index >= 15 is 0 Å². The molecule has 19 heavy (non-hydrogen) atoms. The number of nitrogens with two attached hydrogens (primary N) is 1. The molecule has 0 amide bonds. The Kier molecular flexibility index (Phi) is 7.01. The van der Waals surface area contributed by atoms with Crippen molar-refractivity contribution in [3.05, 3.63) is 35.4 Å². The number of rotatable bonds is 9. The van der Waals surface area contributed by atoms with Crippen molar-refractivity contribution in [2.75, 3.05) is 20.3 Å². The molecule has 0 atom stereocenters. The van der Waals surface area contributed by atoms with Gasteiger partial charge < -0.3 is 10.5 Å². The van der Waals surface area contributed by atoms with E-state index in [0.717, 1.165) is 24.0 Å². The van der Waals surface area contributed by atoms with Gasteiger partial charge in [0.1, 0.15) is 0 Å². The van der Waals surface area contributed by atoms with Gasteiger partial charge in [0.2, 0.25) is 10.0 Å². The lowest BCUT2D eigenvalue weighted by molar-refractivity contribution is 0.193. The number of nitrogens with one attached hydrogen (secondary N) is 1. The molecule has 0 radical (unpaired) electrons. The van der Waals surface area contributed by atoms with Gasteiger partial charge in [0.05, 0.1) is 5.75 Å². The van der Waals surface area contributed by atoms with Crippen molar-refractivity contribution < 1.29 is 13.2 Å². The van der Waals surface area contributed by atoms with Crippen LogP contribution in [0.5, 0.6) is 0 Å². The minimum atomic E-state index is -3.30. The Balaban J connectivity index is 2.50. The third-order valence-corrected chi connectivity index (χ3v) is 4.12. The van der Waals surface area contributed by atoms with E-state index < -0.39 is 10.0 Å². The van der Waals surface area contributed by atoms with Crippen LogP contribution in [0.4, 0.5) is 0 Å². The maximum absolute atomic E-state index is 11.9. The van der Waals surface area contributed by atoms with Gasteiger partial charge in [-0.3, -0.25) is 0 Å². The van der Waals surface area contributed by atoms with Crippen molar-refractivity contribution in [2.24, 2.45) is 5.73 Å². The first-order chi connectivity index (χ1) is 9.09. The first-order valence-electron chi connectivity index (χ1n) is 6.32. The first-order valence-corrected chi connectivity index (χ1v) is 7.97. The maximum Gasteiger partial charge on any atom is 0.215 e. The summed E-state index contributed by atoms with van der Waals surface area (Å²) in [5.74, 6) is -0.0232. The minimum absolute atomic E-state index is 0.0232. The molecule has 0 saturated carbocycles. The summed E-state index contributed by atoms with van der Waals surface area (Å²) in [5, 5.41) is 0. The summed E-state index contributed by atoms with van der Waals surface area (Å²) in [6, 6.07) is 7.33. The largest absolute Gasteiger partial charge is 0.385 e. The second kappa shape index (κ2) is 8.27. The topological polar surface area (TPSA) is 81.4 Å². The molecule has 0 aliphatic rings. The van der Waals surface area contributed by atoms with Crippen LogP contribution in [0.3, 0.4) is 0 Å². The predicted molar refractivity (Wildman–Crippen MR) is 76.1 cm³/mol. The average Bonchev–Trinajstić information content (AvgIpc) is 2.38. The van der Waals surface area contributed by atoms with E-state index in [2.05, 4.69) is 4.72 Å². The van der Waals surface area contributed by atoms with Crippen LogP contribution in [-0.2, 0) is 27.1 Å². The summed E-state index contributed by atoms with van der Waals surface area (Å²) in [7, 11) is -1.67. The normalized spacial score (nSPS) is 11.7. The Labute approximate surface area is 115 Å². The molecule has 0 spiro atoms. The second-order valence-electron chi connectivity index (χ2n) is 4.33. The number of hydrogen-bond acceptors (Lipinski definition) is 4. The lowest BCUT2D eigenvalue weighted by Crippen LogP contribution is -2.26. The van der Waals surface area contributed by atoms with Crippen LogP contribution >= 0.6 is 0 Å². The van der Waals surface area contributed by atoms with Gasteiger partial charge >= 0.3 is 0 Å². The van der Waals surface area contributed by atoms with Gasteiger partial charge in [0.25, 0.3) is 0 Å². The fraction of sp³-hybridized carbons (Fsp3) is 0.538. The average molecular weight is 286 g/mol. The summed E-state index contributed by atoms with van der Waals surface area (Å²) in [4.78, 5) is 0. The van der Waals surface area contributed by atoms with E-state index in [4.69, 9.17) is 10.5 Å². The molecule has 6 heteroatoms. The molecule has 0 fully saturated rings. The molecule has 0 aromatic heterocycles. The van der Waals surface area contributed by atoms with E-state index in [9.17, 15) is 8.42 Å². The third kappa shape index (κ3) is 6.15. The number of sulfonamides is 1. The predicted octanol–water partition coefficient (Wildman–Crippen LogP) is 0.991. The second-order valence-corrected chi connectivity index (χ2v) is 6.13. The number of hydrogen-bond donors (Lipinski definition) is 2. The zero-order valence-corrected chi connectivity index (χ0v) is 12.1. The Hall–Kier alpha value is -0.950. The van der Waals surface area contributed by atoms with Crippen molar-refractivity contribution in [2.45, 2.75) is 25.1 Å². The molecule has 5 nitrogen and oxygen atoms in total. The smallest absolute Gasteiger partial charge is 0.215 e. The van der Waals surface area contributed by atoms with Gasteiger partial charge in [-0.2, -0.15) is 0 Å². The number of benzene rings is 1. The molecule has 1 rings (SSSR count). The molecule has 3 N–H and O–H groups in total. The molecule has 0 heterocycles. The molecular weight excluding hydrogens is 264 g/mol. The molecule has 108 valence electrons. The molecule has 0 aliphatic carbocycles. The van der Waals surface area contributed by atoms with Crippen molar-refractivity contribution in [3.63, 3.8) is 0 Å². The van der Waals surface area contributed by atoms with Gasteiger partial charge in [0, 0.05) is 26.8 Å². The van der Waals surface area contributed by atoms with E-state index in [-0.39, 0.29) is 5.75 Å². The highest BCUT2D eigenvalue weighted by atomic mass is 32.2. The highest BCUT2D eigenvalue weighted by Crippen LogP contribution is 2.11. The van der Waals surface area contributed by atoms with Crippen molar-refractivity contribution in [3.8, 4) is 0 Å². The van der Waals surface area contributed by atoms with Crippen LogP contribution in [0, 0.1) is 0 Å². The zero-order valence-electron chi connectivity index (χ0n) is 11.3. The molecule has 0 bridgehead atoms. The Bertz CT molecular complexity index is 475. The molecule has 0 saturated heterocycles. The highest BCUT2D eigenvalue weighted by Gasteiger charge is 2.12. The monoisotopic (exact) mass is 286 g/mol.